The van der Waals surface area contributed by atoms with E-state index in [1.165, 1.54) is 10.4 Å². The summed E-state index contributed by atoms with van der Waals surface area (Å²) < 4.78 is 23.8. The van der Waals surface area contributed by atoms with Crippen LogP contribution in [0.4, 0.5) is 0 Å². The van der Waals surface area contributed by atoms with Crippen molar-refractivity contribution in [3.63, 3.8) is 0 Å². The molecule has 5 heteroatoms. The van der Waals surface area contributed by atoms with Gasteiger partial charge in [-0.05, 0) is 0 Å². The summed E-state index contributed by atoms with van der Waals surface area (Å²) in [5.41, 5.74) is 0. The molecule has 0 fully saturated rings. The molecule has 1 N–H and O–H groups in total. The van der Waals surface area contributed by atoms with E-state index in [0.717, 1.165) is 0 Å². The second-order valence-corrected chi connectivity index (χ2v) is 4.37. The van der Waals surface area contributed by atoms with Crippen molar-refractivity contribution >= 4 is 10.0 Å². The lowest BCUT2D eigenvalue weighted by molar-refractivity contribution is 0.315. The maximum atomic E-state index is 11.3. The largest absolute Gasteiger partial charge is 0.395 e. The van der Waals surface area contributed by atoms with E-state index in [1.807, 2.05) is 0 Å². The fourth-order valence-electron chi connectivity index (χ4n) is 0.828. The zero-order valence-electron chi connectivity index (χ0n) is 7.23. The molecule has 0 aliphatic heterocycles. The van der Waals surface area contributed by atoms with Crippen LogP contribution in [0.5, 0.6) is 0 Å². The molecule has 0 bridgehead atoms. The second kappa shape index (κ2) is 5.29. The topological polar surface area (TPSA) is 57.6 Å². The van der Waals surface area contributed by atoms with E-state index in [0.29, 0.717) is 13.1 Å². The molecular weight excluding hydrogens is 178 g/mol. The predicted octanol–water partition coefficient (Wildman–Crippen LogP) is -0.184. The van der Waals surface area contributed by atoms with Gasteiger partial charge in [-0.15, -0.1) is 6.58 Å². The maximum Gasteiger partial charge on any atom is 0.216 e. The first-order valence-corrected chi connectivity index (χ1v) is 5.39. The Hall–Kier alpha value is -0.390. The van der Waals surface area contributed by atoms with Crippen molar-refractivity contribution < 1.29 is 13.5 Å². The van der Waals surface area contributed by atoms with E-state index < -0.39 is 10.0 Å². The zero-order chi connectivity index (χ0) is 9.61. The van der Waals surface area contributed by atoms with Crippen molar-refractivity contribution in [3.05, 3.63) is 12.7 Å². The highest BCUT2D eigenvalue weighted by molar-refractivity contribution is 7.89. The van der Waals surface area contributed by atoms with Crippen LogP contribution < -0.4 is 0 Å². The lowest BCUT2D eigenvalue weighted by Crippen LogP contribution is -2.33. The molecule has 4 nitrogen and oxygen atoms in total. The van der Waals surface area contributed by atoms with Crippen LogP contribution in [-0.2, 0) is 10.0 Å². The van der Waals surface area contributed by atoms with Crippen molar-refractivity contribution in [1.29, 1.82) is 0 Å². The highest BCUT2D eigenvalue weighted by atomic mass is 32.2. The van der Waals surface area contributed by atoms with Crippen LogP contribution in [0.1, 0.15) is 6.92 Å². The average Bonchev–Trinajstić information content (AvgIpc) is 1.99. The number of likely N-dealkylation sites (N-methyl/N-ethyl adjacent to an activating group) is 1. The van der Waals surface area contributed by atoms with Crippen LogP contribution in [0.15, 0.2) is 12.7 Å². The van der Waals surface area contributed by atoms with Gasteiger partial charge in [0.15, 0.2) is 0 Å². The van der Waals surface area contributed by atoms with Crippen LogP contribution in [0.25, 0.3) is 0 Å². The van der Waals surface area contributed by atoms with Gasteiger partial charge in [-0.3, -0.25) is 0 Å². The number of aliphatic hydroxyl groups is 1. The number of hydrogen-bond donors (Lipinski definition) is 1. The lowest BCUT2D eigenvalue weighted by atomic mass is 10.6. The van der Waals surface area contributed by atoms with E-state index in [4.69, 9.17) is 5.11 Å². The van der Waals surface area contributed by atoms with Gasteiger partial charge in [-0.25, -0.2) is 8.42 Å². The molecule has 0 aromatic heterocycles. The highest BCUT2D eigenvalue weighted by Crippen LogP contribution is 2.00. The minimum absolute atomic E-state index is 0.214. The molecule has 12 heavy (non-hydrogen) atoms. The van der Waals surface area contributed by atoms with Crippen LogP contribution in [-0.4, -0.2) is 43.3 Å². The Kier molecular flexibility index (Phi) is 5.12. The molecule has 0 heterocycles. The summed E-state index contributed by atoms with van der Waals surface area (Å²) in [6, 6.07) is 0. The first-order valence-electron chi connectivity index (χ1n) is 3.78. The van der Waals surface area contributed by atoms with Crippen LogP contribution in [0.3, 0.4) is 0 Å². The lowest BCUT2D eigenvalue weighted by Gasteiger charge is -2.17. The summed E-state index contributed by atoms with van der Waals surface area (Å²) in [4.78, 5) is 0. The molecule has 0 unspecified atom stereocenters. The Balaban J connectivity index is 4.37. The molecule has 0 aromatic carbocycles. The molecule has 0 amide bonds. The molecule has 0 saturated carbocycles. The highest BCUT2D eigenvalue weighted by Gasteiger charge is 2.17. The van der Waals surface area contributed by atoms with E-state index >= 15 is 0 Å². The van der Waals surface area contributed by atoms with Gasteiger partial charge in [0.1, 0.15) is 0 Å². The first-order chi connectivity index (χ1) is 5.58. The normalized spacial score (nSPS) is 11.9. The Morgan fingerprint density at radius 3 is 2.50 bits per heavy atom. The molecule has 72 valence electrons. The third-order valence-corrected chi connectivity index (χ3v) is 3.32. The van der Waals surface area contributed by atoms with Gasteiger partial charge in [0, 0.05) is 13.1 Å². The minimum atomic E-state index is -3.27. The first kappa shape index (κ1) is 11.6. The zero-order valence-corrected chi connectivity index (χ0v) is 8.05. The Bertz CT molecular complexity index is 223. The molecule has 0 radical (unpaired) electrons. The van der Waals surface area contributed by atoms with Gasteiger partial charge in [-0.1, -0.05) is 13.0 Å². The van der Waals surface area contributed by atoms with E-state index in [9.17, 15) is 8.42 Å². The van der Waals surface area contributed by atoms with Gasteiger partial charge in [0.2, 0.25) is 10.0 Å². The number of hydrogen-bond acceptors (Lipinski definition) is 3. The van der Waals surface area contributed by atoms with Crippen molar-refractivity contribution in [2.24, 2.45) is 0 Å². The summed E-state index contributed by atoms with van der Waals surface area (Å²) in [5.74, 6) is -0.214. The Labute approximate surface area is 73.6 Å². The fourth-order valence-corrected chi connectivity index (χ4v) is 2.04. The molecule has 0 spiro atoms. The number of aliphatic hydroxyl groups excluding tert-OH is 1. The molecular formula is C7H15NO3S. The molecule has 0 rings (SSSR count). The maximum absolute atomic E-state index is 11.3. The van der Waals surface area contributed by atoms with Crippen molar-refractivity contribution in [1.82, 2.24) is 4.31 Å². The van der Waals surface area contributed by atoms with Gasteiger partial charge in [-0.2, -0.15) is 4.31 Å². The van der Waals surface area contributed by atoms with E-state index in [-0.39, 0.29) is 12.4 Å². The Morgan fingerprint density at radius 1 is 1.58 bits per heavy atom. The summed E-state index contributed by atoms with van der Waals surface area (Å²) in [5, 5.41) is 8.48. The Morgan fingerprint density at radius 2 is 2.17 bits per heavy atom. The van der Waals surface area contributed by atoms with E-state index in [1.54, 1.807) is 6.92 Å². The quantitative estimate of drug-likeness (QED) is 0.595. The molecule has 0 aliphatic rings. The standard InChI is InChI=1S/C7H15NO3S/c1-3-5-8(4-2)12(10,11)7-6-9/h3,9H,1,4-7H2,2H3. The molecule has 0 aromatic rings. The van der Waals surface area contributed by atoms with Crippen molar-refractivity contribution in [2.75, 3.05) is 25.4 Å². The SMILES string of the molecule is C=CCN(CC)S(=O)(=O)CCO. The third kappa shape index (κ3) is 3.34. The number of sulfonamides is 1. The van der Waals surface area contributed by atoms with Crippen molar-refractivity contribution in [3.8, 4) is 0 Å². The van der Waals surface area contributed by atoms with Crippen molar-refractivity contribution in [2.45, 2.75) is 6.92 Å². The smallest absolute Gasteiger partial charge is 0.216 e. The van der Waals surface area contributed by atoms with E-state index in [2.05, 4.69) is 6.58 Å². The number of rotatable bonds is 6. The molecule has 0 saturated heterocycles. The van der Waals surface area contributed by atoms with Crippen LogP contribution in [0, 0.1) is 0 Å². The summed E-state index contributed by atoms with van der Waals surface area (Å²) in [6.45, 7) is 5.58. The number of nitrogens with zero attached hydrogens (tertiary/aromatic N) is 1. The summed E-state index contributed by atoms with van der Waals surface area (Å²) >= 11 is 0. The van der Waals surface area contributed by atoms with Gasteiger partial charge >= 0.3 is 0 Å². The minimum Gasteiger partial charge on any atom is -0.395 e. The average molecular weight is 193 g/mol. The molecule has 0 atom stereocenters. The van der Waals surface area contributed by atoms with Crippen LogP contribution in [0.2, 0.25) is 0 Å². The van der Waals surface area contributed by atoms with Gasteiger partial charge in [0.05, 0.1) is 12.4 Å². The molecule has 0 aliphatic carbocycles. The van der Waals surface area contributed by atoms with Gasteiger partial charge in [0.25, 0.3) is 0 Å². The summed E-state index contributed by atoms with van der Waals surface area (Å²) in [6.07, 6.45) is 1.53. The summed E-state index contributed by atoms with van der Waals surface area (Å²) in [7, 11) is -3.27. The fraction of sp³-hybridized carbons (Fsp3) is 0.714. The monoisotopic (exact) mass is 193 g/mol. The van der Waals surface area contributed by atoms with Gasteiger partial charge < -0.3 is 5.11 Å². The van der Waals surface area contributed by atoms with Crippen LogP contribution >= 0.6 is 0 Å². The predicted molar refractivity (Wildman–Crippen MR) is 48.3 cm³/mol. The second-order valence-electron chi connectivity index (χ2n) is 2.28. The third-order valence-electron chi connectivity index (χ3n) is 1.43.